The number of benzene rings is 2. The number of methoxy groups -OCH3 is 2. The highest BCUT2D eigenvalue weighted by Gasteiger charge is 2.53. The first-order chi connectivity index (χ1) is 12.3. The Morgan fingerprint density at radius 1 is 0.846 bits per heavy atom. The molecule has 140 valence electrons. The van der Waals surface area contributed by atoms with Gasteiger partial charge in [-0.3, -0.25) is 0 Å². The molecule has 0 aromatic heterocycles. The fraction of sp³-hybridized carbons (Fsp3) is 0.429. The highest BCUT2D eigenvalue weighted by Crippen LogP contribution is 2.44. The third-order valence-electron chi connectivity index (χ3n) is 5.36. The maximum Gasteiger partial charge on any atom is 0.381 e. The van der Waals surface area contributed by atoms with Crippen molar-refractivity contribution in [3.8, 4) is 22.6 Å². The van der Waals surface area contributed by atoms with Gasteiger partial charge in [0.2, 0.25) is 0 Å². The van der Waals surface area contributed by atoms with Crippen molar-refractivity contribution in [1.29, 1.82) is 0 Å². The zero-order valence-electron chi connectivity index (χ0n) is 16.7. The number of rotatable bonds is 5. The fourth-order valence-electron chi connectivity index (χ4n) is 4.16. The monoisotopic (exact) mass is 372 g/mol. The first-order valence-electron chi connectivity index (χ1n) is 8.81. The molecule has 1 aliphatic rings. The van der Waals surface area contributed by atoms with E-state index in [1.807, 2.05) is 12.1 Å². The predicted octanol–water partition coefficient (Wildman–Crippen LogP) is 4.02. The van der Waals surface area contributed by atoms with E-state index in [2.05, 4.69) is 39.0 Å². The molecule has 0 saturated carbocycles. The SMILES string of the molecule is COc1ccc2c(c1)Cc1c-2ccc(OC)c1[Si](OC)(OC)C(C)(C)C. The normalized spacial score (nSPS) is 13.3. The average Bonchev–Trinajstić information content (AvgIpc) is 2.99. The van der Waals surface area contributed by atoms with Gasteiger partial charge >= 0.3 is 8.56 Å². The van der Waals surface area contributed by atoms with Crippen LogP contribution in [-0.2, 0) is 15.3 Å². The molecule has 5 heteroatoms. The molecule has 0 atom stereocenters. The second-order valence-electron chi connectivity index (χ2n) is 7.64. The molecule has 0 amide bonds. The Kier molecular flexibility index (Phi) is 4.90. The van der Waals surface area contributed by atoms with Crippen LogP contribution in [0.3, 0.4) is 0 Å². The molecule has 0 bridgehead atoms. The van der Waals surface area contributed by atoms with Crippen LogP contribution in [0.5, 0.6) is 11.5 Å². The summed E-state index contributed by atoms with van der Waals surface area (Å²) in [5.41, 5.74) is 4.98. The number of hydrogen-bond acceptors (Lipinski definition) is 4. The van der Waals surface area contributed by atoms with Gasteiger partial charge < -0.3 is 18.3 Å². The topological polar surface area (TPSA) is 36.9 Å². The van der Waals surface area contributed by atoms with Crippen molar-refractivity contribution in [2.24, 2.45) is 0 Å². The second-order valence-corrected chi connectivity index (χ2v) is 11.7. The predicted molar refractivity (Wildman–Crippen MR) is 107 cm³/mol. The number of fused-ring (bicyclic) bond motifs is 3. The Hall–Kier alpha value is -1.82. The molecule has 0 unspecified atom stereocenters. The maximum absolute atomic E-state index is 6.16. The van der Waals surface area contributed by atoms with Crippen LogP contribution in [0.1, 0.15) is 31.9 Å². The van der Waals surface area contributed by atoms with Gasteiger partial charge in [-0.05, 0) is 46.9 Å². The van der Waals surface area contributed by atoms with Gasteiger partial charge in [-0.2, -0.15) is 0 Å². The Morgan fingerprint density at radius 3 is 2.04 bits per heavy atom. The van der Waals surface area contributed by atoms with Crippen LogP contribution < -0.4 is 14.7 Å². The van der Waals surface area contributed by atoms with Gasteiger partial charge in [-0.1, -0.05) is 32.9 Å². The van der Waals surface area contributed by atoms with Crippen LogP contribution in [0.15, 0.2) is 30.3 Å². The van der Waals surface area contributed by atoms with Crippen molar-refractivity contribution < 1.29 is 18.3 Å². The van der Waals surface area contributed by atoms with E-state index < -0.39 is 8.56 Å². The maximum atomic E-state index is 6.16. The minimum Gasteiger partial charge on any atom is -0.497 e. The van der Waals surface area contributed by atoms with Crippen molar-refractivity contribution in [2.75, 3.05) is 28.4 Å². The van der Waals surface area contributed by atoms with Crippen molar-refractivity contribution in [1.82, 2.24) is 0 Å². The van der Waals surface area contributed by atoms with E-state index in [-0.39, 0.29) is 5.04 Å². The molecule has 0 N–H and O–H groups in total. The number of ether oxygens (including phenoxy) is 2. The molecule has 4 nitrogen and oxygen atoms in total. The van der Waals surface area contributed by atoms with E-state index >= 15 is 0 Å². The summed E-state index contributed by atoms with van der Waals surface area (Å²) >= 11 is 0. The standard InChI is InChI=1S/C21H28O4Si/c1-21(2,3)26(24-6,25-7)20-18-13-14-12-15(22-4)8-9-16(14)17(18)10-11-19(20)23-5/h8-12H,13H2,1-7H3. The molecule has 0 radical (unpaired) electrons. The quantitative estimate of drug-likeness (QED) is 0.634. The smallest absolute Gasteiger partial charge is 0.381 e. The van der Waals surface area contributed by atoms with Crippen molar-refractivity contribution in [3.63, 3.8) is 0 Å². The molecular weight excluding hydrogens is 344 g/mol. The van der Waals surface area contributed by atoms with Gasteiger partial charge in [0.1, 0.15) is 11.5 Å². The molecule has 1 aliphatic carbocycles. The van der Waals surface area contributed by atoms with Crippen LogP contribution in [0.4, 0.5) is 0 Å². The second kappa shape index (κ2) is 6.72. The lowest BCUT2D eigenvalue weighted by Gasteiger charge is -2.40. The Labute approximate surface area is 157 Å². The summed E-state index contributed by atoms with van der Waals surface area (Å²) in [6, 6.07) is 10.4. The summed E-state index contributed by atoms with van der Waals surface area (Å²) < 4.78 is 23.5. The first-order valence-corrected chi connectivity index (χ1v) is 10.6. The Bertz CT molecular complexity index is 819. The minimum atomic E-state index is -2.76. The Morgan fingerprint density at radius 2 is 1.50 bits per heavy atom. The van der Waals surface area contributed by atoms with Gasteiger partial charge in [-0.25, -0.2) is 0 Å². The van der Waals surface area contributed by atoms with Crippen LogP contribution >= 0.6 is 0 Å². The molecular formula is C21H28O4Si. The molecule has 2 aromatic carbocycles. The van der Waals surface area contributed by atoms with Crippen LogP contribution in [0.2, 0.25) is 5.04 Å². The lowest BCUT2D eigenvalue weighted by atomic mass is 10.1. The van der Waals surface area contributed by atoms with Crippen LogP contribution in [0.25, 0.3) is 11.1 Å². The summed E-state index contributed by atoms with van der Waals surface area (Å²) in [4.78, 5) is 0. The van der Waals surface area contributed by atoms with E-state index in [0.717, 1.165) is 23.1 Å². The summed E-state index contributed by atoms with van der Waals surface area (Å²) in [7, 11) is 4.16. The molecule has 0 aliphatic heterocycles. The van der Waals surface area contributed by atoms with Crippen LogP contribution in [0, 0.1) is 0 Å². The zero-order valence-corrected chi connectivity index (χ0v) is 17.7. The highest BCUT2D eigenvalue weighted by atomic mass is 28.4. The first kappa shape index (κ1) is 19.0. The summed E-state index contributed by atoms with van der Waals surface area (Å²) in [6.07, 6.45) is 0.825. The van der Waals surface area contributed by atoms with Gasteiger partial charge in [0.25, 0.3) is 0 Å². The molecule has 0 saturated heterocycles. The van der Waals surface area contributed by atoms with E-state index in [0.29, 0.717) is 0 Å². The van der Waals surface area contributed by atoms with E-state index in [9.17, 15) is 0 Å². The van der Waals surface area contributed by atoms with E-state index in [4.69, 9.17) is 18.3 Å². The third kappa shape index (κ3) is 2.66. The third-order valence-corrected chi connectivity index (χ3v) is 9.69. The Balaban J connectivity index is 2.29. The van der Waals surface area contributed by atoms with Crippen LogP contribution in [-0.4, -0.2) is 37.0 Å². The largest absolute Gasteiger partial charge is 0.497 e. The highest BCUT2D eigenvalue weighted by molar-refractivity contribution is 6.84. The molecule has 0 spiro atoms. The molecule has 0 fully saturated rings. The van der Waals surface area contributed by atoms with Gasteiger partial charge in [0, 0.05) is 24.4 Å². The molecule has 3 rings (SSSR count). The lowest BCUT2D eigenvalue weighted by molar-refractivity contribution is 0.228. The molecule has 0 heterocycles. The minimum absolute atomic E-state index is 0.161. The average molecular weight is 373 g/mol. The molecule has 2 aromatic rings. The lowest BCUT2D eigenvalue weighted by Crippen LogP contribution is -2.60. The van der Waals surface area contributed by atoms with E-state index in [1.54, 1.807) is 28.4 Å². The van der Waals surface area contributed by atoms with Gasteiger partial charge in [-0.15, -0.1) is 0 Å². The fourth-order valence-corrected chi connectivity index (χ4v) is 7.84. The van der Waals surface area contributed by atoms with Gasteiger partial charge in [0.15, 0.2) is 0 Å². The summed E-state index contributed by atoms with van der Waals surface area (Å²) in [5, 5.41) is 0.941. The summed E-state index contributed by atoms with van der Waals surface area (Å²) in [5.74, 6) is 1.72. The van der Waals surface area contributed by atoms with Crippen molar-refractivity contribution in [3.05, 3.63) is 41.5 Å². The van der Waals surface area contributed by atoms with E-state index in [1.165, 1.54) is 22.3 Å². The van der Waals surface area contributed by atoms with Crippen molar-refractivity contribution in [2.45, 2.75) is 32.2 Å². The zero-order chi connectivity index (χ0) is 19.1. The number of hydrogen-bond donors (Lipinski definition) is 0. The van der Waals surface area contributed by atoms with Gasteiger partial charge in [0.05, 0.1) is 14.2 Å². The molecule has 26 heavy (non-hydrogen) atoms. The van der Waals surface area contributed by atoms with Crippen molar-refractivity contribution >= 4 is 13.7 Å². The summed E-state index contributed by atoms with van der Waals surface area (Å²) in [6.45, 7) is 6.53.